The zero-order valence-corrected chi connectivity index (χ0v) is 15.5. The minimum Gasteiger partial charge on any atom is -0.381 e. The number of hydrogen-bond donors (Lipinski definition) is 1. The minimum absolute atomic E-state index is 0.172. The quantitative estimate of drug-likeness (QED) is 0.778. The van der Waals surface area contributed by atoms with E-state index in [4.69, 9.17) is 4.74 Å². The number of ether oxygens (including phenoxy) is 1. The monoisotopic (exact) mass is 298 g/mol. The normalized spacial score (nSPS) is 24.3. The molecule has 0 aliphatic carbocycles. The molecule has 126 valence electrons. The number of nitrogens with one attached hydrogen (secondary N) is 1. The summed E-state index contributed by atoms with van der Waals surface area (Å²) in [6, 6.07) is 0.598. The van der Waals surface area contributed by atoms with E-state index >= 15 is 0 Å². The molecule has 1 rings (SSSR count). The van der Waals surface area contributed by atoms with Crippen molar-refractivity contribution >= 4 is 0 Å². The summed E-state index contributed by atoms with van der Waals surface area (Å²) >= 11 is 0. The minimum atomic E-state index is 0.172. The molecule has 0 aromatic carbocycles. The van der Waals surface area contributed by atoms with Gasteiger partial charge in [-0.2, -0.15) is 0 Å². The molecule has 1 atom stereocenters. The molecule has 1 heterocycles. The van der Waals surface area contributed by atoms with Crippen molar-refractivity contribution in [2.45, 2.75) is 72.9 Å². The van der Waals surface area contributed by atoms with E-state index in [2.05, 4.69) is 58.7 Å². The molecule has 1 fully saturated rings. The Morgan fingerprint density at radius 2 is 1.86 bits per heavy atom. The number of hydrogen-bond acceptors (Lipinski definition) is 3. The van der Waals surface area contributed by atoms with Crippen LogP contribution in [-0.2, 0) is 4.74 Å². The topological polar surface area (TPSA) is 24.5 Å². The van der Waals surface area contributed by atoms with Crippen LogP contribution in [0, 0.1) is 11.3 Å². The molecule has 0 amide bonds. The van der Waals surface area contributed by atoms with Crippen LogP contribution in [0.5, 0.6) is 0 Å². The lowest BCUT2D eigenvalue weighted by Gasteiger charge is -2.44. The van der Waals surface area contributed by atoms with Gasteiger partial charge in [0.05, 0.1) is 6.61 Å². The van der Waals surface area contributed by atoms with E-state index in [0.717, 1.165) is 26.3 Å². The largest absolute Gasteiger partial charge is 0.381 e. The predicted molar refractivity (Wildman–Crippen MR) is 91.8 cm³/mol. The third-order valence-corrected chi connectivity index (χ3v) is 4.27. The van der Waals surface area contributed by atoms with Crippen LogP contribution in [0.1, 0.15) is 61.3 Å². The van der Waals surface area contributed by atoms with Crippen molar-refractivity contribution in [2.24, 2.45) is 11.3 Å². The van der Waals surface area contributed by atoms with Gasteiger partial charge in [0, 0.05) is 43.2 Å². The third-order valence-electron chi connectivity index (χ3n) is 4.27. The Kier molecular flexibility index (Phi) is 7.15. The number of rotatable bonds is 7. The Morgan fingerprint density at radius 1 is 1.19 bits per heavy atom. The first-order valence-electron chi connectivity index (χ1n) is 8.70. The average molecular weight is 299 g/mol. The van der Waals surface area contributed by atoms with Crippen molar-refractivity contribution in [3.63, 3.8) is 0 Å². The van der Waals surface area contributed by atoms with Crippen LogP contribution < -0.4 is 5.32 Å². The first kappa shape index (κ1) is 18.9. The van der Waals surface area contributed by atoms with Gasteiger partial charge in [0.1, 0.15) is 0 Å². The summed E-state index contributed by atoms with van der Waals surface area (Å²) in [7, 11) is 0. The van der Waals surface area contributed by atoms with Gasteiger partial charge in [-0.3, -0.25) is 4.90 Å². The second-order valence-electron chi connectivity index (χ2n) is 8.68. The standard InChI is InChI=1S/C18H38N2O/c1-15(2)11-20(16(3)4)13-18(9-8-10-21-14-18)12-19-17(5,6)7/h15-16,19H,8-14H2,1-7H3. The fraction of sp³-hybridized carbons (Fsp3) is 1.00. The molecule has 3 nitrogen and oxygen atoms in total. The first-order chi connectivity index (χ1) is 9.64. The summed E-state index contributed by atoms with van der Waals surface area (Å²) in [5.41, 5.74) is 0.440. The lowest BCUT2D eigenvalue weighted by atomic mass is 9.80. The molecule has 21 heavy (non-hydrogen) atoms. The molecule has 1 N–H and O–H groups in total. The molecule has 3 heteroatoms. The molecule has 0 saturated carbocycles. The van der Waals surface area contributed by atoms with Crippen LogP contribution in [-0.4, -0.2) is 49.3 Å². The molecule has 1 aliphatic rings. The summed E-state index contributed by atoms with van der Waals surface area (Å²) in [5.74, 6) is 0.713. The molecule has 0 spiro atoms. The fourth-order valence-electron chi connectivity index (χ4n) is 3.04. The van der Waals surface area contributed by atoms with Gasteiger partial charge >= 0.3 is 0 Å². The van der Waals surface area contributed by atoms with E-state index in [0.29, 0.717) is 12.0 Å². The summed E-state index contributed by atoms with van der Waals surface area (Å²) in [4.78, 5) is 2.64. The molecular formula is C18H38N2O. The maximum atomic E-state index is 5.87. The van der Waals surface area contributed by atoms with Gasteiger partial charge in [0.25, 0.3) is 0 Å². The van der Waals surface area contributed by atoms with Crippen LogP contribution in [0.25, 0.3) is 0 Å². The van der Waals surface area contributed by atoms with Crippen molar-refractivity contribution in [1.29, 1.82) is 0 Å². The summed E-state index contributed by atoms with van der Waals surface area (Å²) in [6.45, 7) is 21.2. The van der Waals surface area contributed by atoms with Crippen molar-refractivity contribution in [3.8, 4) is 0 Å². The van der Waals surface area contributed by atoms with Crippen LogP contribution in [0.15, 0.2) is 0 Å². The van der Waals surface area contributed by atoms with Gasteiger partial charge in [-0.1, -0.05) is 13.8 Å². The SMILES string of the molecule is CC(C)CN(CC1(CNC(C)(C)C)CCCOC1)C(C)C. The molecule has 0 radical (unpaired) electrons. The zero-order valence-electron chi connectivity index (χ0n) is 15.5. The van der Waals surface area contributed by atoms with Crippen molar-refractivity contribution in [2.75, 3.05) is 32.8 Å². The Labute approximate surface area is 132 Å². The van der Waals surface area contributed by atoms with E-state index in [1.54, 1.807) is 0 Å². The molecule has 1 saturated heterocycles. The first-order valence-corrected chi connectivity index (χ1v) is 8.70. The maximum Gasteiger partial charge on any atom is 0.0546 e. The Morgan fingerprint density at radius 3 is 2.29 bits per heavy atom. The predicted octanol–water partition coefficient (Wildman–Crippen LogP) is 3.54. The lowest BCUT2D eigenvalue weighted by molar-refractivity contribution is -0.0350. The van der Waals surface area contributed by atoms with Crippen LogP contribution in [0.2, 0.25) is 0 Å². The van der Waals surface area contributed by atoms with Gasteiger partial charge in [-0.25, -0.2) is 0 Å². The van der Waals surface area contributed by atoms with Crippen LogP contribution in [0.3, 0.4) is 0 Å². The highest BCUT2D eigenvalue weighted by molar-refractivity contribution is 4.90. The molecule has 1 unspecified atom stereocenters. The molecular weight excluding hydrogens is 260 g/mol. The highest BCUT2D eigenvalue weighted by Crippen LogP contribution is 2.30. The molecule has 0 bridgehead atoms. The lowest BCUT2D eigenvalue weighted by Crippen LogP contribution is -2.54. The summed E-state index contributed by atoms with van der Waals surface area (Å²) in [5, 5.41) is 3.72. The van der Waals surface area contributed by atoms with E-state index in [9.17, 15) is 0 Å². The zero-order chi connectivity index (χ0) is 16.1. The van der Waals surface area contributed by atoms with Gasteiger partial charge in [0.15, 0.2) is 0 Å². The van der Waals surface area contributed by atoms with Crippen molar-refractivity contribution < 1.29 is 4.74 Å². The maximum absolute atomic E-state index is 5.87. The highest BCUT2D eigenvalue weighted by atomic mass is 16.5. The smallest absolute Gasteiger partial charge is 0.0546 e. The van der Waals surface area contributed by atoms with Gasteiger partial charge in [-0.15, -0.1) is 0 Å². The summed E-state index contributed by atoms with van der Waals surface area (Å²) < 4.78 is 5.87. The summed E-state index contributed by atoms with van der Waals surface area (Å²) in [6.07, 6.45) is 2.47. The van der Waals surface area contributed by atoms with Gasteiger partial charge < -0.3 is 10.1 Å². The van der Waals surface area contributed by atoms with Crippen LogP contribution in [0.4, 0.5) is 0 Å². The van der Waals surface area contributed by atoms with E-state index in [1.807, 2.05) is 0 Å². The third kappa shape index (κ3) is 7.12. The Hall–Kier alpha value is -0.120. The van der Waals surface area contributed by atoms with Gasteiger partial charge in [-0.05, 0) is 53.4 Å². The van der Waals surface area contributed by atoms with Crippen molar-refractivity contribution in [3.05, 3.63) is 0 Å². The molecule has 0 aromatic rings. The van der Waals surface area contributed by atoms with E-state index < -0.39 is 0 Å². The second kappa shape index (κ2) is 7.94. The average Bonchev–Trinajstić information content (AvgIpc) is 2.35. The highest BCUT2D eigenvalue weighted by Gasteiger charge is 2.36. The molecule has 0 aromatic heterocycles. The fourth-order valence-corrected chi connectivity index (χ4v) is 3.04. The Balaban J connectivity index is 2.75. The second-order valence-corrected chi connectivity index (χ2v) is 8.68. The van der Waals surface area contributed by atoms with Crippen LogP contribution >= 0.6 is 0 Å². The van der Waals surface area contributed by atoms with E-state index in [-0.39, 0.29) is 11.0 Å². The number of nitrogens with zero attached hydrogens (tertiary/aromatic N) is 1. The van der Waals surface area contributed by atoms with E-state index in [1.165, 1.54) is 19.4 Å². The van der Waals surface area contributed by atoms with Gasteiger partial charge in [0.2, 0.25) is 0 Å². The van der Waals surface area contributed by atoms with Crippen molar-refractivity contribution in [1.82, 2.24) is 10.2 Å². The Bertz CT molecular complexity index is 288. The molecule has 1 aliphatic heterocycles.